The van der Waals surface area contributed by atoms with Crippen LogP contribution in [0.25, 0.3) is 6.08 Å². The lowest BCUT2D eigenvalue weighted by molar-refractivity contribution is -0.129. The van der Waals surface area contributed by atoms with Gasteiger partial charge in [-0.3, -0.25) is 0 Å². The van der Waals surface area contributed by atoms with Crippen LogP contribution in [0.4, 0.5) is 0 Å². The minimum absolute atomic E-state index is 0.334. The van der Waals surface area contributed by atoms with Crippen LogP contribution in [0, 0.1) is 0 Å². The van der Waals surface area contributed by atoms with Crippen molar-refractivity contribution in [1.29, 1.82) is 0 Å². The van der Waals surface area contributed by atoms with Crippen LogP contribution in [0.5, 0.6) is 0 Å². The highest BCUT2D eigenvalue weighted by molar-refractivity contribution is 9.10. The molecule has 19 heavy (non-hydrogen) atoms. The summed E-state index contributed by atoms with van der Waals surface area (Å²) in [5, 5.41) is 1.95. The third-order valence-electron chi connectivity index (χ3n) is 2.53. The Morgan fingerprint density at radius 1 is 1.21 bits per heavy atom. The maximum atomic E-state index is 11.7. The lowest BCUT2D eigenvalue weighted by atomic mass is 10.2. The summed E-state index contributed by atoms with van der Waals surface area (Å²) < 4.78 is 6.15. The Morgan fingerprint density at radius 2 is 2.00 bits per heavy atom. The number of aliphatic imine (C=N–C) groups is 1. The second-order valence-corrected chi connectivity index (χ2v) is 5.75. The predicted octanol–water partition coefficient (Wildman–Crippen LogP) is 3.86. The first kappa shape index (κ1) is 12.3. The minimum Gasteiger partial charge on any atom is -0.402 e. The van der Waals surface area contributed by atoms with Crippen LogP contribution in [0.15, 0.2) is 56.9 Å². The molecule has 0 saturated heterocycles. The Kier molecular flexibility index (Phi) is 3.31. The van der Waals surface area contributed by atoms with E-state index in [0.717, 1.165) is 14.9 Å². The normalized spacial score (nSPS) is 16.6. The Labute approximate surface area is 122 Å². The van der Waals surface area contributed by atoms with Gasteiger partial charge in [-0.25, -0.2) is 9.79 Å². The van der Waals surface area contributed by atoms with E-state index in [0.29, 0.717) is 11.6 Å². The van der Waals surface area contributed by atoms with Crippen molar-refractivity contribution in [3.05, 3.63) is 62.4 Å². The zero-order chi connectivity index (χ0) is 13.2. The topological polar surface area (TPSA) is 38.7 Å². The lowest BCUT2D eigenvalue weighted by Gasteiger charge is -1.98. The molecule has 3 nitrogen and oxygen atoms in total. The average molecular weight is 334 g/mol. The first-order valence-corrected chi connectivity index (χ1v) is 7.22. The van der Waals surface area contributed by atoms with Crippen LogP contribution < -0.4 is 0 Å². The molecular weight excluding hydrogens is 326 g/mol. The van der Waals surface area contributed by atoms with Gasteiger partial charge in [0.25, 0.3) is 0 Å². The molecule has 1 aliphatic heterocycles. The van der Waals surface area contributed by atoms with Crippen molar-refractivity contribution >= 4 is 45.2 Å². The van der Waals surface area contributed by atoms with Gasteiger partial charge in [0.15, 0.2) is 5.70 Å². The van der Waals surface area contributed by atoms with Gasteiger partial charge < -0.3 is 4.74 Å². The fraction of sp³-hybridized carbons (Fsp3) is 0. The number of rotatable bonds is 2. The summed E-state index contributed by atoms with van der Waals surface area (Å²) in [4.78, 5) is 17.0. The summed E-state index contributed by atoms with van der Waals surface area (Å²) in [5.74, 6) is -0.0633. The van der Waals surface area contributed by atoms with Crippen LogP contribution in [0.2, 0.25) is 0 Å². The van der Waals surface area contributed by atoms with E-state index in [1.54, 1.807) is 17.4 Å². The predicted molar refractivity (Wildman–Crippen MR) is 79.1 cm³/mol. The molecule has 94 valence electrons. The molecular formula is C14H8BrNO2S. The van der Waals surface area contributed by atoms with E-state index in [4.69, 9.17) is 4.74 Å². The van der Waals surface area contributed by atoms with E-state index in [9.17, 15) is 4.79 Å². The van der Waals surface area contributed by atoms with Crippen molar-refractivity contribution in [3.63, 3.8) is 0 Å². The zero-order valence-corrected chi connectivity index (χ0v) is 12.1. The monoisotopic (exact) mass is 333 g/mol. The number of cyclic esters (lactones) is 1. The summed E-state index contributed by atoms with van der Waals surface area (Å²) >= 11 is 4.91. The Bertz CT molecular complexity index is 672. The fourth-order valence-electron chi connectivity index (χ4n) is 1.63. The van der Waals surface area contributed by atoms with Crippen LogP contribution >= 0.6 is 27.3 Å². The fourth-order valence-corrected chi connectivity index (χ4v) is 2.55. The van der Waals surface area contributed by atoms with E-state index in [1.807, 2.05) is 41.8 Å². The molecule has 2 aromatic rings. The average Bonchev–Trinajstić information content (AvgIpc) is 3.02. The van der Waals surface area contributed by atoms with Gasteiger partial charge in [-0.1, -0.05) is 22.0 Å². The van der Waals surface area contributed by atoms with E-state index in [1.165, 1.54) is 0 Å². The van der Waals surface area contributed by atoms with Crippen molar-refractivity contribution in [2.75, 3.05) is 0 Å². The number of ether oxygens (including phenoxy) is 1. The number of carbonyl (C=O) groups excluding carboxylic acids is 1. The smallest absolute Gasteiger partial charge is 0.363 e. The van der Waals surface area contributed by atoms with Gasteiger partial charge in [-0.05, 0) is 41.8 Å². The summed E-state index contributed by atoms with van der Waals surface area (Å²) in [6, 6.07) is 11.3. The SMILES string of the molecule is O=C1OC(c2ccc(Br)cc2)=N/C1=C\c1cccs1. The van der Waals surface area contributed by atoms with Gasteiger partial charge in [-0.2, -0.15) is 0 Å². The second-order valence-electron chi connectivity index (χ2n) is 3.86. The Hall–Kier alpha value is -1.72. The van der Waals surface area contributed by atoms with Gasteiger partial charge >= 0.3 is 5.97 Å². The largest absolute Gasteiger partial charge is 0.402 e. The van der Waals surface area contributed by atoms with Gasteiger partial charge in [0.05, 0.1) is 0 Å². The molecule has 3 rings (SSSR count). The number of nitrogens with zero attached hydrogens (tertiary/aromatic N) is 1. The van der Waals surface area contributed by atoms with E-state index in [2.05, 4.69) is 20.9 Å². The molecule has 5 heteroatoms. The molecule has 0 amide bonds. The van der Waals surface area contributed by atoms with E-state index < -0.39 is 5.97 Å². The van der Waals surface area contributed by atoms with Crippen molar-refractivity contribution in [1.82, 2.24) is 0 Å². The first-order valence-electron chi connectivity index (χ1n) is 5.54. The van der Waals surface area contributed by atoms with E-state index >= 15 is 0 Å². The van der Waals surface area contributed by atoms with Crippen molar-refractivity contribution < 1.29 is 9.53 Å². The summed E-state index contributed by atoms with van der Waals surface area (Å²) in [5.41, 5.74) is 1.12. The van der Waals surface area contributed by atoms with Crippen molar-refractivity contribution in [2.24, 2.45) is 4.99 Å². The number of esters is 1. The molecule has 0 unspecified atom stereocenters. The number of halogens is 1. The highest BCUT2D eigenvalue weighted by Gasteiger charge is 2.24. The number of benzene rings is 1. The van der Waals surface area contributed by atoms with Gasteiger partial charge in [0.2, 0.25) is 5.90 Å². The number of carbonyl (C=O) groups is 1. The summed E-state index contributed by atoms with van der Waals surface area (Å²) in [6.45, 7) is 0. The second kappa shape index (κ2) is 5.11. The highest BCUT2D eigenvalue weighted by atomic mass is 79.9. The first-order chi connectivity index (χ1) is 9.22. The van der Waals surface area contributed by atoms with Crippen LogP contribution in [-0.2, 0) is 9.53 Å². The minimum atomic E-state index is -0.411. The molecule has 1 aromatic carbocycles. The number of hydrogen-bond acceptors (Lipinski definition) is 4. The Balaban J connectivity index is 1.93. The van der Waals surface area contributed by atoms with Crippen molar-refractivity contribution in [2.45, 2.75) is 0 Å². The lowest BCUT2D eigenvalue weighted by Crippen LogP contribution is -2.04. The highest BCUT2D eigenvalue weighted by Crippen LogP contribution is 2.21. The standard InChI is InChI=1S/C14H8BrNO2S/c15-10-5-3-9(4-6-10)13-16-12(14(17)18-13)8-11-2-1-7-19-11/h1-8H/b12-8-. The molecule has 0 saturated carbocycles. The molecule has 0 radical (unpaired) electrons. The summed E-state index contributed by atoms with van der Waals surface area (Å²) in [7, 11) is 0. The van der Waals surface area contributed by atoms with Crippen LogP contribution in [0.3, 0.4) is 0 Å². The van der Waals surface area contributed by atoms with E-state index in [-0.39, 0.29) is 0 Å². The number of hydrogen-bond donors (Lipinski definition) is 0. The van der Waals surface area contributed by atoms with Crippen LogP contribution in [-0.4, -0.2) is 11.9 Å². The molecule has 2 heterocycles. The molecule has 1 aromatic heterocycles. The molecule has 0 N–H and O–H groups in total. The quantitative estimate of drug-likeness (QED) is 0.618. The van der Waals surface area contributed by atoms with Gasteiger partial charge in [0, 0.05) is 14.9 Å². The number of thiophene rings is 1. The van der Waals surface area contributed by atoms with Gasteiger partial charge in [0.1, 0.15) is 0 Å². The third-order valence-corrected chi connectivity index (χ3v) is 3.88. The third kappa shape index (κ3) is 2.67. The molecule has 1 aliphatic rings. The molecule has 0 bridgehead atoms. The Morgan fingerprint density at radius 3 is 2.68 bits per heavy atom. The molecule has 0 fully saturated rings. The molecule has 0 atom stereocenters. The van der Waals surface area contributed by atoms with Crippen molar-refractivity contribution in [3.8, 4) is 0 Å². The maximum absolute atomic E-state index is 11.7. The zero-order valence-electron chi connectivity index (χ0n) is 9.67. The van der Waals surface area contributed by atoms with Gasteiger partial charge in [-0.15, -0.1) is 11.3 Å². The van der Waals surface area contributed by atoms with Crippen LogP contribution in [0.1, 0.15) is 10.4 Å². The molecule has 0 spiro atoms. The molecule has 0 aliphatic carbocycles. The summed E-state index contributed by atoms with van der Waals surface area (Å²) in [6.07, 6.45) is 1.73. The maximum Gasteiger partial charge on any atom is 0.363 e.